The molecule has 2 aromatic carbocycles. The first-order valence-corrected chi connectivity index (χ1v) is 8.53. The lowest BCUT2D eigenvalue weighted by molar-refractivity contribution is 0.162. The van der Waals surface area contributed by atoms with Gasteiger partial charge in [0.2, 0.25) is 0 Å². The number of fused-ring (bicyclic) bond motifs is 1. The van der Waals surface area contributed by atoms with Gasteiger partial charge in [-0.15, -0.1) is 6.58 Å². The maximum Gasteiger partial charge on any atom is 0.297 e. The van der Waals surface area contributed by atoms with E-state index in [1.807, 2.05) is 32.0 Å². The number of rotatable bonds is 6. The molecule has 4 nitrogen and oxygen atoms in total. The van der Waals surface area contributed by atoms with E-state index in [-0.39, 0.29) is 11.5 Å². The molecule has 0 aliphatic carbocycles. The summed E-state index contributed by atoms with van der Waals surface area (Å²) in [7, 11) is -3.72. The standard InChI is InChI=1S/C13H12O3S.C4H10O/c1-2-10-16-17(14,15)13-9-5-7-11-6-3-4-8-12(11)13;1-3-5-4-2/h2-9H,1,10H2;3-4H2,1-2H3. The molecule has 0 atom stereocenters. The third-order valence-corrected chi connectivity index (χ3v) is 4.11. The average molecular weight is 322 g/mol. The van der Waals surface area contributed by atoms with E-state index in [2.05, 4.69) is 6.58 Å². The summed E-state index contributed by atoms with van der Waals surface area (Å²) in [6.07, 6.45) is 1.41. The van der Waals surface area contributed by atoms with E-state index in [1.165, 1.54) is 6.08 Å². The summed E-state index contributed by atoms with van der Waals surface area (Å²) in [5, 5.41) is 1.54. The monoisotopic (exact) mass is 322 g/mol. The summed E-state index contributed by atoms with van der Waals surface area (Å²) < 4.78 is 33.5. The zero-order valence-corrected chi connectivity index (χ0v) is 13.8. The molecule has 0 fully saturated rings. The van der Waals surface area contributed by atoms with Crippen molar-refractivity contribution in [3.8, 4) is 0 Å². The molecule has 0 aliphatic rings. The van der Waals surface area contributed by atoms with E-state index in [0.29, 0.717) is 5.39 Å². The normalized spacial score (nSPS) is 10.8. The summed E-state index contributed by atoms with van der Waals surface area (Å²) in [6, 6.07) is 12.4. The second-order valence-corrected chi connectivity index (χ2v) is 5.87. The molecule has 2 aromatic rings. The van der Waals surface area contributed by atoms with Crippen LogP contribution in [0.4, 0.5) is 0 Å². The Balaban J connectivity index is 0.000000422. The molecular weight excluding hydrogens is 300 g/mol. The molecule has 0 saturated heterocycles. The molecule has 0 aliphatic heterocycles. The Morgan fingerprint density at radius 1 is 1.05 bits per heavy atom. The molecule has 0 unspecified atom stereocenters. The molecule has 0 radical (unpaired) electrons. The second kappa shape index (κ2) is 9.35. The van der Waals surface area contributed by atoms with Gasteiger partial charge in [-0.2, -0.15) is 8.42 Å². The predicted molar refractivity (Wildman–Crippen MR) is 89.4 cm³/mol. The van der Waals surface area contributed by atoms with Gasteiger partial charge < -0.3 is 4.74 Å². The minimum atomic E-state index is -3.72. The number of hydrogen-bond donors (Lipinski definition) is 0. The van der Waals surface area contributed by atoms with Crippen LogP contribution in [0.2, 0.25) is 0 Å². The Kier molecular flexibility index (Phi) is 7.80. The number of ether oxygens (including phenoxy) is 1. The highest BCUT2D eigenvalue weighted by atomic mass is 32.2. The lowest BCUT2D eigenvalue weighted by Crippen LogP contribution is -2.06. The summed E-state index contributed by atoms with van der Waals surface area (Å²) in [4.78, 5) is 0.192. The predicted octanol–water partition coefficient (Wildman–Crippen LogP) is 3.77. The van der Waals surface area contributed by atoms with Gasteiger partial charge in [-0.05, 0) is 25.3 Å². The van der Waals surface area contributed by atoms with E-state index in [1.54, 1.807) is 24.3 Å². The smallest absolute Gasteiger partial charge is 0.297 e. The van der Waals surface area contributed by atoms with Gasteiger partial charge in [0.25, 0.3) is 10.1 Å². The van der Waals surface area contributed by atoms with Crippen molar-refractivity contribution < 1.29 is 17.3 Å². The Labute approximate surface area is 132 Å². The first kappa shape index (κ1) is 18.4. The van der Waals surface area contributed by atoms with Crippen LogP contribution < -0.4 is 0 Å². The molecule has 0 heterocycles. The summed E-state index contributed by atoms with van der Waals surface area (Å²) >= 11 is 0. The van der Waals surface area contributed by atoms with E-state index in [9.17, 15) is 8.42 Å². The average Bonchev–Trinajstić information content (AvgIpc) is 2.54. The molecule has 0 spiro atoms. The first-order valence-electron chi connectivity index (χ1n) is 7.12. The fraction of sp³-hybridized carbons (Fsp3) is 0.294. The topological polar surface area (TPSA) is 52.6 Å². The van der Waals surface area contributed by atoms with Crippen molar-refractivity contribution in [2.24, 2.45) is 0 Å². The summed E-state index contributed by atoms with van der Waals surface area (Å²) in [5.74, 6) is 0. The zero-order chi connectivity index (χ0) is 16.4. The molecule has 0 aromatic heterocycles. The van der Waals surface area contributed by atoms with Crippen LogP contribution in [0.15, 0.2) is 60.0 Å². The quantitative estimate of drug-likeness (QED) is 0.600. The minimum absolute atomic E-state index is 0.0223. The van der Waals surface area contributed by atoms with Crippen LogP contribution >= 0.6 is 0 Å². The Hall–Kier alpha value is -1.69. The molecule has 2 rings (SSSR count). The van der Waals surface area contributed by atoms with Crippen LogP contribution in [0.1, 0.15) is 13.8 Å². The second-order valence-electron chi connectivity index (χ2n) is 4.29. The summed E-state index contributed by atoms with van der Waals surface area (Å²) in [5.41, 5.74) is 0. The van der Waals surface area contributed by atoms with Crippen molar-refractivity contribution in [2.45, 2.75) is 18.7 Å². The minimum Gasteiger partial charge on any atom is -0.382 e. The molecule has 0 N–H and O–H groups in total. The van der Waals surface area contributed by atoms with Gasteiger partial charge in [0.1, 0.15) is 4.90 Å². The van der Waals surface area contributed by atoms with E-state index < -0.39 is 10.1 Å². The van der Waals surface area contributed by atoms with Crippen LogP contribution in [0, 0.1) is 0 Å². The van der Waals surface area contributed by atoms with Crippen molar-refractivity contribution in [1.82, 2.24) is 0 Å². The maximum absolute atomic E-state index is 11.9. The van der Waals surface area contributed by atoms with Crippen molar-refractivity contribution in [1.29, 1.82) is 0 Å². The molecule has 0 saturated carbocycles. The Bertz CT molecular complexity index is 685. The maximum atomic E-state index is 11.9. The SMILES string of the molecule is C=CCOS(=O)(=O)c1cccc2ccccc12.CCOCC. The molecule has 0 bridgehead atoms. The van der Waals surface area contributed by atoms with Gasteiger partial charge in [0, 0.05) is 18.6 Å². The Morgan fingerprint density at radius 2 is 1.68 bits per heavy atom. The van der Waals surface area contributed by atoms with E-state index in [0.717, 1.165) is 18.6 Å². The lowest BCUT2D eigenvalue weighted by atomic mass is 10.1. The molecule has 120 valence electrons. The highest BCUT2D eigenvalue weighted by Crippen LogP contribution is 2.24. The van der Waals surface area contributed by atoms with Crippen LogP contribution in [-0.4, -0.2) is 28.2 Å². The molecular formula is C17H22O4S. The number of benzene rings is 2. The van der Waals surface area contributed by atoms with Gasteiger partial charge >= 0.3 is 0 Å². The lowest BCUT2D eigenvalue weighted by Gasteiger charge is -2.06. The highest BCUT2D eigenvalue weighted by molar-refractivity contribution is 7.87. The molecule has 22 heavy (non-hydrogen) atoms. The van der Waals surface area contributed by atoms with E-state index >= 15 is 0 Å². The molecule has 0 amide bonds. The number of hydrogen-bond acceptors (Lipinski definition) is 4. The van der Waals surface area contributed by atoms with Crippen molar-refractivity contribution in [2.75, 3.05) is 19.8 Å². The third kappa shape index (κ3) is 5.26. The fourth-order valence-corrected chi connectivity index (χ4v) is 2.92. The first-order chi connectivity index (χ1) is 10.6. The van der Waals surface area contributed by atoms with Gasteiger partial charge in [0.15, 0.2) is 0 Å². The van der Waals surface area contributed by atoms with Crippen LogP contribution in [-0.2, 0) is 19.0 Å². The largest absolute Gasteiger partial charge is 0.382 e. The zero-order valence-electron chi connectivity index (χ0n) is 13.0. The van der Waals surface area contributed by atoms with Crippen LogP contribution in [0.25, 0.3) is 10.8 Å². The Morgan fingerprint density at radius 3 is 2.27 bits per heavy atom. The van der Waals surface area contributed by atoms with Crippen LogP contribution in [0.5, 0.6) is 0 Å². The van der Waals surface area contributed by atoms with Gasteiger partial charge in [0.05, 0.1) is 6.61 Å². The molecule has 5 heteroatoms. The van der Waals surface area contributed by atoms with Gasteiger partial charge in [-0.1, -0.05) is 42.5 Å². The highest BCUT2D eigenvalue weighted by Gasteiger charge is 2.17. The van der Waals surface area contributed by atoms with E-state index in [4.69, 9.17) is 8.92 Å². The van der Waals surface area contributed by atoms with Crippen LogP contribution in [0.3, 0.4) is 0 Å². The van der Waals surface area contributed by atoms with Gasteiger partial charge in [-0.25, -0.2) is 0 Å². The van der Waals surface area contributed by atoms with Crippen molar-refractivity contribution in [3.63, 3.8) is 0 Å². The fourth-order valence-electron chi connectivity index (χ4n) is 1.82. The summed E-state index contributed by atoms with van der Waals surface area (Å²) in [6.45, 7) is 9.07. The van der Waals surface area contributed by atoms with Crippen molar-refractivity contribution >= 4 is 20.9 Å². The van der Waals surface area contributed by atoms with Crippen molar-refractivity contribution in [3.05, 3.63) is 55.1 Å². The van der Waals surface area contributed by atoms with Gasteiger partial charge in [-0.3, -0.25) is 4.18 Å². The third-order valence-electron chi connectivity index (χ3n) is 2.77.